The fourth-order valence-corrected chi connectivity index (χ4v) is 1.99. The summed E-state index contributed by atoms with van der Waals surface area (Å²) in [4.78, 5) is 0. The van der Waals surface area contributed by atoms with Crippen molar-refractivity contribution in [1.82, 2.24) is 0 Å². The minimum absolute atomic E-state index is 0. The molecule has 0 nitrogen and oxygen atoms in total. The van der Waals surface area contributed by atoms with E-state index in [-0.39, 0.29) is 34.0 Å². The number of allylic oxidation sites excluding steroid dienone is 4. The second-order valence-electron chi connectivity index (χ2n) is 4.77. The molecule has 2 aliphatic rings. The van der Waals surface area contributed by atoms with Crippen molar-refractivity contribution in [1.29, 1.82) is 0 Å². The second kappa shape index (κ2) is 14.4. The minimum atomic E-state index is 0. The third kappa shape index (κ3) is 11.1. The van der Waals surface area contributed by atoms with Crippen molar-refractivity contribution >= 4 is 3.21 Å². The van der Waals surface area contributed by atoms with Crippen LogP contribution in [0.3, 0.4) is 0 Å². The van der Waals surface area contributed by atoms with Gasteiger partial charge in [0.25, 0.3) is 0 Å². The Morgan fingerprint density at radius 3 is 2.25 bits per heavy atom. The molecule has 20 heavy (non-hydrogen) atoms. The Morgan fingerprint density at radius 1 is 1.20 bits per heavy atom. The third-order valence-corrected chi connectivity index (χ3v) is 2.77. The molecule has 0 spiro atoms. The van der Waals surface area contributed by atoms with Crippen molar-refractivity contribution in [2.75, 3.05) is 0 Å². The molecule has 0 saturated heterocycles. The Morgan fingerprint density at radius 2 is 1.80 bits per heavy atom. The van der Waals surface area contributed by atoms with E-state index >= 15 is 0 Å². The molecule has 0 heterocycles. The van der Waals surface area contributed by atoms with Gasteiger partial charge in [0.15, 0.2) is 0 Å². The van der Waals surface area contributed by atoms with Gasteiger partial charge in [0.1, 0.15) is 0 Å². The zero-order valence-electron chi connectivity index (χ0n) is 12.2. The monoisotopic (exact) mass is 474 g/mol. The molecule has 1 fully saturated rings. The van der Waals surface area contributed by atoms with Crippen molar-refractivity contribution < 1.29 is 58.2 Å². The Labute approximate surface area is 160 Å². The Bertz CT molecular complexity index is 370. The van der Waals surface area contributed by atoms with Crippen LogP contribution in [0, 0.1) is 12.3 Å². The summed E-state index contributed by atoms with van der Waals surface area (Å²) in [6, 6.07) is 10.0. The van der Waals surface area contributed by atoms with Gasteiger partial charge in [-0.25, -0.2) is 30.2 Å². The maximum absolute atomic E-state index is 2.37. The predicted octanol–water partition coefficient (Wildman–Crippen LogP) is -1.35. The fraction of sp³-hybridized carbons (Fsp3) is 0.353. The largest absolute Gasteiger partial charge is 1.00 e. The van der Waals surface area contributed by atoms with E-state index in [1.807, 2.05) is 30.3 Å². The van der Waals surface area contributed by atoms with Crippen molar-refractivity contribution in [2.45, 2.75) is 33.1 Å². The van der Waals surface area contributed by atoms with Gasteiger partial charge in [-0.1, -0.05) is 6.42 Å². The van der Waals surface area contributed by atoms with E-state index in [1.165, 1.54) is 22.5 Å². The molecule has 0 N–H and O–H groups in total. The quantitative estimate of drug-likeness (QED) is 0.406. The van der Waals surface area contributed by atoms with Gasteiger partial charge >= 0.3 is 41.3 Å². The minimum Gasteiger partial charge on any atom is -1.00 e. The number of hydrogen-bond acceptors (Lipinski definition) is 0. The van der Waals surface area contributed by atoms with Crippen LogP contribution in [0.1, 0.15) is 33.1 Å². The molecule has 0 aromatic heterocycles. The molecule has 3 rings (SSSR count). The first-order chi connectivity index (χ1) is 8.70. The van der Waals surface area contributed by atoms with Crippen LogP contribution in [0.5, 0.6) is 0 Å². The maximum atomic E-state index is 2.37. The number of fused-ring (bicyclic) bond motifs is 1. The first-order valence-corrected chi connectivity index (χ1v) is 7.81. The van der Waals surface area contributed by atoms with E-state index < -0.39 is 0 Å². The molecular weight excluding hydrogens is 455 g/mol. The van der Waals surface area contributed by atoms with E-state index in [2.05, 4.69) is 38.5 Å². The van der Waals surface area contributed by atoms with Crippen LogP contribution in [0.4, 0.5) is 0 Å². The zero-order valence-corrected chi connectivity index (χ0v) is 17.8. The van der Waals surface area contributed by atoms with Crippen LogP contribution in [0.15, 0.2) is 54.1 Å². The summed E-state index contributed by atoms with van der Waals surface area (Å²) in [6.45, 7) is 4.25. The summed E-state index contributed by atoms with van der Waals surface area (Å²) in [6.07, 6.45) is 13.0. The standard InChI is InChI=1S/C9H11.C5H5.C3H6.2BrH.Zr/c1-2-5-9-7-3-6-8(9)4-1;1-2-4-5-3-1;1-3-2;;;/h1-2,4,6,9H,3,5,7H2;1-5H;1-2H3;2*1H;/q2*-1;;;;+2/p-2. The smallest absolute Gasteiger partial charge is 0.172 e. The maximum Gasteiger partial charge on any atom is -0.172 e. The summed E-state index contributed by atoms with van der Waals surface area (Å²) in [5, 5.41) is 0. The van der Waals surface area contributed by atoms with Gasteiger partial charge in [-0.05, 0) is 12.3 Å². The molecule has 110 valence electrons. The van der Waals surface area contributed by atoms with Gasteiger partial charge in [-0.15, -0.1) is 18.6 Å². The van der Waals surface area contributed by atoms with Crippen LogP contribution in [0.25, 0.3) is 0 Å². The molecule has 1 aromatic rings. The summed E-state index contributed by atoms with van der Waals surface area (Å²) in [7, 11) is 0. The fourth-order valence-electron chi connectivity index (χ4n) is 1.99. The first-order valence-electron chi connectivity index (χ1n) is 6.58. The molecule has 2 aliphatic carbocycles. The van der Waals surface area contributed by atoms with E-state index in [0.29, 0.717) is 0 Å². The van der Waals surface area contributed by atoms with Crippen molar-refractivity contribution in [3.05, 3.63) is 60.6 Å². The van der Waals surface area contributed by atoms with E-state index in [4.69, 9.17) is 0 Å². The topological polar surface area (TPSA) is 0 Å². The Hall–Kier alpha value is 0.413. The summed E-state index contributed by atoms with van der Waals surface area (Å²) in [5.41, 5.74) is 1.58. The molecule has 1 saturated carbocycles. The van der Waals surface area contributed by atoms with E-state index in [9.17, 15) is 0 Å². The number of rotatable bonds is 0. The molecular formula is C17H22Br2Zr-2. The number of hydrogen-bond donors (Lipinski definition) is 0. The molecule has 0 amide bonds. The molecule has 3 heteroatoms. The third-order valence-electron chi connectivity index (χ3n) is 2.77. The van der Waals surface area contributed by atoms with Gasteiger partial charge in [0, 0.05) is 0 Å². The molecule has 0 radical (unpaired) electrons. The molecule has 1 unspecified atom stereocenters. The van der Waals surface area contributed by atoms with Crippen molar-refractivity contribution in [3.63, 3.8) is 0 Å². The van der Waals surface area contributed by atoms with Crippen LogP contribution in [-0.2, 0) is 24.2 Å². The van der Waals surface area contributed by atoms with E-state index in [0.717, 1.165) is 5.92 Å². The van der Waals surface area contributed by atoms with E-state index in [1.54, 1.807) is 29.8 Å². The summed E-state index contributed by atoms with van der Waals surface area (Å²) in [5.74, 6) is 0.884. The number of halogens is 2. The van der Waals surface area contributed by atoms with Gasteiger partial charge in [0.05, 0.1) is 0 Å². The second-order valence-corrected chi connectivity index (χ2v) is 7.23. The predicted molar refractivity (Wildman–Crippen MR) is 77.3 cm³/mol. The van der Waals surface area contributed by atoms with Crippen molar-refractivity contribution in [2.24, 2.45) is 5.92 Å². The zero-order chi connectivity index (χ0) is 13.2. The average molecular weight is 477 g/mol. The van der Waals surface area contributed by atoms with Crippen molar-refractivity contribution in [3.8, 4) is 0 Å². The molecule has 0 bridgehead atoms. The van der Waals surface area contributed by atoms with Crippen LogP contribution >= 0.6 is 0 Å². The van der Waals surface area contributed by atoms with Crippen LogP contribution in [-0.4, -0.2) is 3.21 Å². The van der Waals surface area contributed by atoms with Gasteiger partial charge in [-0.3, -0.25) is 0 Å². The van der Waals surface area contributed by atoms with Gasteiger partial charge < -0.3 is 34.0 Å². The molecule has 1 aromatic carbocycles. The summed E-state index contributed by atoms with van der Waals surface area (Å²) >= 11 is 1.55. The van der Waals surface area contributed by atoms with Crippen LogP contribution < -0.4 is 34.0 Å². The Balaban J connectivity index is 0. The van der Waals surface area contributed by atoms with Gasteiger partial charge in [0.2, 0.25) is 0 Å². The molecule has 1 atom stereocenters. The first kappa shape index (κ1) is 22.7. The average Bonchev–Trinajstić information content (AvgIpc) is 3.03. The Kier molecular flexibility index (Phi) is 16.3. The van der Waals surface area contributed by atoms with Crippen LogP contribution in [0.2, 0.25) is 0 Å². The molecule has 0 aliphatic heterocycles. The summed E-state index contributed by atoms with van der Waals surface area (Å²) < 4.78 is 1.51. The SMILES string of the molecule is C1=CCC2CC[CH-]C2=C1.C[C](C)=[Zr+2].[Br-].[Br-].c1cc[cH-]c1. The normalized spacial score (nSPS) is 17.4. The van der Waals surface area contributed by atoms with Gasteiger partial charge in [-0.2, -0.15) is 18.2 Å².